The van der Waals surface area contributed by atoms with E-state index >= 15 is 0 Å². The topological polar surface area (TPSA) is 96.2 Å². The zero-order chi connectivity index (χ0) is 23.8. The number of anilines is 2. The number of rotatable bonds is 5. The van der Waals surface area contributed by atoms with Crippen LogP contribution in [0.3, 0.4) is 0 Å². The van der Waals surface area contributed by atoms with Gasteiger partial charge >= 0.3 is 0 Å². The number of hydrogen-bond acceptors (Lipinski definition) is 7. The van der Waals surface area contributed by atoms with Crippen LogP contribution in [0, 0.1) is 13.8 Å². The summed E-state index contributed by atoms with van der Waals surface area (Å²) in [6.45, 7) is 6.28. The Hall–Kier alpha value is -3.33. The first kappa shape index (κ1) is 22.5. The quantitative estimate of drug-likeness (QED) is 0.454. The average Bonchev–Trinajstić information content (AvgIpc) is 2.82. The van der Waals surface area contributed by atoms with Crippen LogP contribution < -0.4 is 10.9 Å². The van der Waals surface area contributed by atoms with Crippen molar-refractivity contribution in [1.82, 2.24) is 24.6 Å². The minimum Gasteiger partial charge on any atom is -0.395 e. The summed E-state index contributed by atoms with van der Waals surface area (Å²) in [5, 5.41) is 17.8. The lowest BCUT2D eigenvalue weighted by molar-refractivity contribution is 0.184. The fraction of sp³-hybridized carbons (Fsp3) is 0.280. The number of nitrogens with one attached hydrogen (secondary N) is 1. The summed E-state index contributed by atoms with van der Waals surface area (Å²) in [7, 11) is 0. The summed E-state index contributed by atoms with van der Waals surface area (Å²) in [6.07, 6.45) is 2.50. The zero-order valence-corrected chi connectivity index (χ0v) is 19.8. The molecule has 0 atom stereocenters. The van der Waals surface area contributed by atoms with E-state index in [9.17, 15) is 9.90 Å². The average molecular weight is 477 g/mol. The molecule has 1 aliphatic rings. The highest BCUT2D eigenvalue weighted by Crippen LogP contribution is 2.26. The lowest BCUT2D eigenvalue weighted by Gasteiger charge is -2.28. The van der Waals surface area contributed by atoms with Gasteiger partial charge in [0.2, 0.25) is 5.95 Å². The van der Waals surface area contributed by atoms with Crippen LogP contribution in [0.25, 0.3) is 16.6 Å². The van der Waals surface area contributed by atoms with Gasteiger partial charge in [-0.15, -0.1) is 0 Å². The fourth-order valence-electron chi connectivity index (χ4n) is 4.43. The Morgan fingerprint density at radius 2 is 2.03 bits per heavy atom. The summed E-state index contributed by atoms with van der Waals surface area (Å²) < 4.78 is 1.33. The molecule has 8 nitrogen and oxygen atoms in total. The zero-order valence-electron chi connectivity index (χ0n) is 19.0. The maximum atomic E-state index is 13.2. The molecule has 0 unspecified atom stereocenters. The van der Waals surface area contributed by atoms with Gasteiger partial charge in [-0.3, -0.25) is 9.69 Å². The largest absolute Gasteiger partial charge is 0.395 e. The Morgan fingerprint density at radius 3 is 2.82 bits per heavy atom. The molecule has 0 amide bonds. The van der Waals surface area contributed by atoms with Crippen molar-refractivity contribution in [3.05, 3.63) is 80.4 Å². The Labute approximate surface area is 201 Å². The number of para-hydroxylation sites is 1. The first-order chi connectivity index (χ1) is 16.4. The molecule has 34 heavy (non-hydrogen) atoms. The van der Waals surface area contributed by atoms with E-state index in [1.165, 1.54) is 22.0 Å². The molecule has 0 saturated carbocycles. The highest BCUT2D eigenvalue weighted by atomic mass is 35.5. The third-order valence-electron chi connectivity index (χ3n) is 6.17. The van der Waals surface area contributed by atoms with Crippen molar-refractivity contribution in [2.75, 3.05) is 25.0 Å². The molecule has 2 N–H and O–H groups in total. The van der Waals surface area contributed by atoms with Gasteiger partial charge in [-0.2, -0.15) is 9.78 Å². The standard InChI is InChI=1S/C25H25ClN6O2/c1-15-4-3-5-21(26)23(15)32-24(34)20-13-27-25(29-22(20)16(2)30-32)28-19-7-6-17-8-9-31(10-11-33)14-18(17)12-19/h3-7,12-13,33H,8-11,14H2,1-2H3,(H,27,28,29). The highest BCUT2D eigenvalue weighted by molar-refractivity contribution is 6.32. The van der Waals surface area contributed by atoms with Gasteiger partial charge < -0.3 is 10.4 Å². The molecule has 0 spiro atoms. The van der Waals surface area contributed by atoms with Crippen molar-refractivity contribution in [3.63, 3.8) is 0 Å². The van der Waals surface area contributed by atoms with Crippen molar-refractivity contribution in [2.24, 2.45) is 0 Å². The second-order valence-electron chi connectivity index (χ2n) is 8.52. The van der Waals surface area contributed by atoms with Crippen molar-refractivity contribution >= 4 is 34.1 Å². The van der Waals surface area contributed by atoms with Crippen molar-refractivity contribution in [3.8, 4) is 5.69 Å². The number of fused-ring (bicyclic) bond motifs is 2. The molecule has 0 radical (unpaired) electrons. The molecule has 1 aliphatic heterocycles. The summed E-state index contributed by atoms with van der Waals surface area (Å²) >= 11 is 6.38. The van der Waals surface area contributed by atoms with Crippen molar-refractivity contribution in [2.45, 2.75) is 26.8 Å². The summed E-state index contributed by atoms with van der Waals surface area (Å²) in [4.78, 5) is 24.4. The molecule has 0 saturated heterocycles. The predicted molar refractivity (Wildman–Crippen MR) is 133 cm³/mol. The number of β-amino-alcohol motifs (C(OH)–C–C–N with tert-alkyl or cyclic N) is 1. The van der Waals surface area contributed by atoms with Crippen LogP contribution in [-0.2, 0) is 13.0 Å². The smallest absolute Gasteiger partial charge is 0.282 e. The van der Waals surface area contributed by atoms with Gasteiger partial charge in [0.25, 0.3) is 5.56 Å². The van der Waals surface area contributed by atoms with E-state index in [1.807, 2.05) is 32.0 Å². The van der Waals surface area contributed by atoms with Gasteiger partial charge in [-0.05, 0) is 55.2 Å². The Balaban J connectivity index is 1.48. The first-order valence-electron chi connectivity index (χ1n) is 11.2. The third-order valence-corrected chi connectivity index (χ3v) is 6.48. The number of benzene rings is 2. The number of nitrogens with zero attached hydrogens (tertiary/aromatic N) is 5. The van der Waals surface area contributed by atoms with E-state index in [4.69, 9.17) is 11.6 Å². The van der Waals surface area contributed by atoms with Gasteiger partial charge in [-0.25, -0.2) is 9.97 Å². The SMILES string of the molecule is Cc1cccc(Cl)c1-n1nc(C)c2nc(Nc3ccc4c(c3)CN(CCO)CC4)ncc2c1=O. The number of aliphatic hydroxyl groups excluding tert-OH is 1. The summed E-state index contributed by atoms with van der Waals surface area (Å²) in [6, 6.07) is 11.7. The molecule has 0 bridgehead atoms. The van der Waals surface area contributed by atoms with Gasteiger partial charge in [0.1, 0.15) is 5.52 Å². The molecule has 2 aromatic heterocycles. The van der Waals surface area contributed by atoms with Gasteiger partial charge in [-0.1, -0.05) is 29.8 Å². The van der Waals surface area contributed by atoms with Crippen molar-refractivity contribution in [1.29, 1.82) is 0 Å². The normalized spacial score (nSPS) is 13.8. The van der Waals surface area contributed by atoms with E-state index in [0.29, 0.717) is 39.8 Å². The maximum absolute atomic E-state index is 13.2. The molecule has 2 aromatic carbocycles. The van der Waals surface area contributed by atoms with Crippen LogP contribution in [-0.4, -0.2) is 49.5 Å². The fourth-order valence-corrected chi connectivity index (χ4v) is 4.73. The Bertz CT molecular complexity index is 1430. The molecule has 4 aromatic rings. The molecule has 0 fully saturated rings. The van der Waals surface area contributed by atoms with E-state index in [2.05, 4.69) is 37.4 Å². The summed E-state index contributed by atoms with van der Waals surface area (Å²) in [5.74, 6) is 0.395. The van der Waals surface area contributed by atoms with Crippen LogP contribution in [0.15, 0.2) is 47.4 Å². The monoisotopic (exact) mass is 476 g/mol. The van der Waals surface area contributed by atoms with E-state index in [1.54, 1.807) is 6.07 Å². The maximum Gasteiger partial charge on any atom is 0.282 e. The van der Waals surface area contributed by atoms with E-state index in [0.717, 1.165) is 30.8 Å². The molecule has 5 rings (SSSR count). The second-order valence-corrected chi connectivity index (χ2v) is 8.93. The Morgan fingerprint density at radius 1 is 1.18 bits per heavy atom. The molecule has 3 heterocycles. The van der Waals surface area contributed by atoms with Gasteiger partial charge in [0.15, 0.2) is 0 Å². The summed E-state index contributed by atoms with van der Waals surface area (Å²) in [5.41, 5.74) is 5.60. The molecule has 9 heteroatoms. The van der Waals surface area contributed by atoms with Crippen LogP contribution in [0.5, 0.6) is 0 Å². The number of aromatic nitrogens is 4. The molecular weight excluding hydrogens is 452 g/mol. The molecule has 174 valence electrons. The van der Waals surface area contributed by atoms with Crippen LogP contribution in [0.4, 0.5) is 11.6 Å². The lowest BCUT2D eigenvalue weighted by atomic mass is 9.99. The second kappa shape index (κ2) is 9.13. The predicted octanol–water partition coefficient (Wildman–Crippen LogP) is 3.54. The number of aryl methyl sites for hydroxylation is 2. The molecular formula is C25H25ClN6O2. The minimum atomic E-state index is -0.318. The van der Waals surface area contributed by atoms with Crippen LogP contribution >= 0.6 is 11.6 Å². The van der Waals surface area contributed by atoms with E-state index in [-0.39, 0.29) is 12.2 Å². The van der Waals surface area contributed by atoms with Crippen molar-refractivity contribution < 1.29 is 5.11 Å². The number of aliphatic hydroxyl groups is 1. The highest BCUT2D eigenvalue weighted by Gasteiger charge is 2.18. The lowest BCUT2D eigenvalue weighted by Crippen LogP contribution is -2.32. The van der Waals surface area contributed by atoms with Crippen LogP contribution in [0.2, 0.25) is 5.02 Å². The third kappa shape index (κ3) is 4.16. The molecule has 0 aliphatic carbocycles. The Kier molecular flexibility index (Phi) is 6.03. The van der Waals surface area contributed by atoms with E-state index < -0.39 is 0 Å². The number of halogens is 1. The first-order valence-corrected chi connectivity index (χ1v) is 11.6. The number of hydrogen-bond donors (Lipinski definition) is 2. The van der Waals surface area contributed by atoms with Crippen LogP contribution in [0.1, 0.15) is 22.4 Å². The minimum absolute atomic E-state index is 0.156. The van der Waals surface area contributed by atoms with Gasteiger partial charge in [0.05, 0.1) is 28.4 Å². The van der Waals surface area contributed by atoms with Gasteiger partial charge in [0, 0.05) is 31.5 Å².